The Bertz CT molecular complexity index is 706. The molecule has 0 aromatic heterocycles. The van der Waals surface area contributed by atoms with E-state index in [4.69, 9.17) is 16.3 Å². The minimum atomic E-state index is 0.289. The number of allylic oxidation sites excluding steroid dienone is 2. The Morgan fingerprint density at radius 2 is 2.00 bits per heavy atom. The van der Waals surface area contributed by atoms with Crippen LogP contribution >= 0.6 is 11.6 Å². The molecule has 1 aromatic rings. The summed E-state index contributed by atoms with van der Waals surface area (Å²) >= 11 is 6.32. The summed E-state index contributed by atoms with van der Waals surface area (Å²) in [5, 5.41) is 0.846. The number of fused-ring (bicyclic) bond motifs is 4. The zero-order valence-electron chi connectivity index (χ0n) is 16.3. The summed E-state index contributed by atoms with van der Waals surface area (Å²) < 4.78 is 5.93. The molecule has 2 aliphatic carbocycles. The number of benzene rings is 1. The van der Waals surface area contributed by atoms with Crippen molar-refractivity contribution in [1.82, 2.24) is 4.90 Å². The van der Waals surface area contributed by atoms with Crippen LogP contribution in [0.3, 0.4) is 0 Å². The van der Waals surface area contributed by atoms with Crippen molar-refractivity contribution < 1.29 is 4.74 Å². The van der Waals surface area contributed by atoms with Gasteiger partial charge in [-0.3, -0.25) is 0 Å². The second kappa shape index (κ2) is 7.44. The van der Waals surface area contributed by atoms with E-state index < -0.39 is 0 Å². The van der Waals surface area contributed by atoms with E-state index in [0.717, 1.165) is 41.6 Å². The summed E-state index contributed by atoms with van der Waals surface area (Å²) in [6, 6.07) is 6.21. The Kier molecular flexibility index (Phi) is 4.98. The van der Waals surface area contributed by atoms with Crippen LogP contribution in [0.1, 0.15) is 56.9 Å². The molecule has 0 N–H and O–H groups in total. The summed E-state index contributed by atoms with van der Waals surface area (Å²) in [6.45, 7) is 4.62. The average Bonchev–Trinajstić information content (AvgIpc) is 2.82. The molecule has 0 unspecified atom stereocenters. The van der Waals surface area contributed by atoms with E-state index in [1.54, 1.807) is 0 Å². The van der Waals surface area contributed by atoms with Crippen LogP contribution in [0.2, 0.25) is 5.02 Å². The maximum absolute atomic E-state index is 6.32. The fourth-order valence-corrected chi connectivity index (χ4v) is 6.41. The quantitative estimate of drug-likeness (QED) is 0.593. The van der Waals surface area contributed by atoms with Crippen LogP contribution in [0.4, 0.5) is 0 Å². The molecule has 4 aliphatic rings. The molecule has 0 amide bonds. The first-order valence-electron chi connectivity index (χ1n) is 11.0. The van der Waals surface area contributed by atoms with Crippen LogP contribution in [-0.4, -0.2) is 31.1 Å². The molecule has 1 spiro atoms. The summed E-state index contributed by atoms with van der Waals surface area (Å²) in [5.74, 6) is 3.80. The van der Waals surface area contributed by atoms with Gasteiger partial charge in [-0.25, -0.2) is 0 Å². The topological polar surface area (TPSA) is 12.5 Å². The van der Waals surface area contributed by atoms with Crippen LogP contribution in [0.25, 0.3) is 0 Å². The molecule has 2 nitrogen and oxygen atoms in total. The molecule has 1 saturated carbocycles. The number of likely N-dealkylation sites (tertiary alicyclic amines) is 1. The Morgan fingerprint density at radius 3 is 2.89 bits per heavy atom. The van der Waals surface area contributed by atoms with Gasteiger partial charge in [-0.1, -0.05) is 23.8 Å². The Hall–Kier alpha value is -0.990. The van der Waals surface area contributed by atoms with E-state index in [1.807, 2.05) is 6.07 Å². The van der Waals surface area contributed by atoms with Gasteiger partial charge in [0.1, 0.15) is 5.75 Å². The maximum atomic E-state index is 6.32. The smallest absolute Gasteiger partial charge is 0.123 e. The molecule has 3 atom stereocenters. The highest BCUT2D eigenvalue weighted by Crippen LogP contribution is 2.47. The summed E-state index contributed by atoms with van der Waals surface area (Å²) in [6.07, 6.45) is 15.7. The fraction of sp³-hybridized carbons (Fsp3) is 0.667. The second-order valence-corrected chi connectivity index (χ2v) is 9.96. The number of rotatable bonds is 2. The number of piperidine rings is 1. The molecule has 1 aromatic carbocycles. The third-order valence-electron chi connectivity index (χ3n) is 7.81. The predicted molar refractivity (Wildman–Crippen MR) is 112 cm³/mol. The fourth-order valence-electron chi connectivity index (χ4n) is 6.24. The van der Waals surface area contributed by atoms with Crippen LogP contribution < -0.4 is 4.74 Å². The van der Waals surface area contributed by atoms with Gasteiger partial charge < -0.3 is 9.64 Å². The van der Waals surface area contributed by atoms with Crippen LogP contribution in [-0.2, 0) is 5.41 Å². The van der Waals surface area contributed by atoms with Crippen molar-refractivity contribution in [2.24, 2.45) is 17.8 Å². The first kappa shape index (κ1) is 18.1. The van der Waals surface area contributed by atoms with E-state index in [0.29, 0.717) is 0 Å². The zero-order valence-corrected chi connectivity index (χ0v) is 17.1. The Balaban J connectivity index is 1.24. The lowest BCUT2D eigenvalue weighted by atomic mass is 9.69. The minimum Gasteiger partial charge on any atom is -0.493 e. The molecular formula is C24H32ClNO. The van der Waals surface area contributed by atoms with Crippen LogP contribution in [0.5, 0.6) is 5.75 Å². The predicted octanol–water partition coefficient (Wildman–Crippen LogP) is 5.84. The minimum absolute atomic E-state index is 0.289. The van der Waals surface area contributed by atoms with Gasteiger partial charge >= 0.3 is 0 Å². The molecule has 27 heavy (non-hydrogen) atoms. The maximum Gasteiger partial charge on any atom is 0.123 e. The number of halogens is 1. The molecular weight excluding hydrogens is 354 g/mol. The highest BCUT2D eigenvalue weighted by Gasteiger charge is 2.41. The van der Waals surface area contributed by atoms with Crippen LogP contribution in [0.15, 0.2) is 30.4 Å². The first-order valence-corrected chi connectivity index (χ1v) is 11.4. The van der Waals surface area contributed by atoms with E-state index in [1.165, 1.54) is 70.1 Å². The van der Waals surface area contributed by atoms with Crippen LogP contribution in [0, 0.1) is 17.8 Å². The van der Waals surface area contributed by atoms with Crippen molar-refractivity contribution in [1.29, 1.82) is 0 Å². The third kappa shape index (κ3) is 3.68. The number of ether oxygens (including phenoxy) is 1. The van der Waals surface area contributed by atoms with Crippen molar-refractivity contribution in [3.05, 3.63) is 40.9 Å². The lowest BCUT2D eigenvalue weighted by molar-refractivity contribution is 0.102. The normalized spacial score (nSPS) is 32.6. The van der Waals surface area contributed by atoms with E-state index in [2.05, 4.69) is 29.2 Å². The van der Waals surface area contributed by atoms with Gasteiger partial charge in [0.25, 0.3) is 0 Å². The molecule has 2 bridgehead atoms. The molecule has 2 heterocycles. The third-order valence-corrected chi connectivity index (χ3v) is 8.05. The van der Waals surface area contributed by atoms with Crippen molar-refractivity contribution in [2.75, 3.05) is 26.2 Å². The van der Waals surface area contributed by atoms with Gasteiger partial charge in [-0.05, 0) is 100 Å². The number of hydrogen-bond acceptors (Lipinski definition) is 2. The van der Waals surface area contributed by atoms with E-state index >= 15 is 0 Å². The van der Waals surface area contributed by atoms with Crippen molar-refractivity contribution in [3.63, 3.8) is 0 Å². The zero-order chi connectivity index (χ0) is 18.3. The SMILES string of the molecule is Clc1ccc2c(c1)C1(CCO2)CCN(C[C@@H]2CC[C@H]3CC=C[C@@H](C3)C2)CC1. The van der Waals surface area contributed by atoms with Gasteiger partial charge in [0.05, 0.1) is 6.61 Å². The monoisotopic (exact) mass is 385 g/mol. The van der Waals surface area contributed by atoms with E-state index in [9.17, 15) is 0 Å². The van der Waals surface area contributed by atoms with Gasteiger partial charge in [-0.2, -0.15) is 0 Å². The molecule has 2 aliphatic heterocycles. The van der Waals surface area contributed by atoms with Gasteiger partial charge in [0.2, 0.25) is 0 Å². The average molecular weight is 386 g/mol. The highest BCUT2D eigenvalue weighted by atomic mass is 35.5. The largest absolute Gasteiger partial charge is 0.493 e. The number of nitrogens with zero attached hydrogens (tertiary/aromatic N) is 1. The second-order valence-electron chi connectivity index (χ2n) is 9.52. The molecule has 5 rings (SSSR count). The lowest BCUT2D eigenvalue weighted by Gasteiger charge is -2.45. The molecule has 0 radical (unpaired) electrons. The molecule has 1 saturated heterocycles. The summed E-state index contributed by atoms with van der Waals surface area (Å²) in [7, 11) is 0. The summed E-state index contributed by atoms with van der Waals surface area (Å²) in [5.41, 5.74) is 1.66. The van der Waals surface area contributed by atoms with Gasteiger partial charge in [-0.15, -0.1) is 0 Å². The lowest BCUT2D eigenvalue weighted by Crippen LogP contribution is -2.46. The van der Waals surface area contributed by atoms with Gasteiger partial charge in [0.15, 0.2) is 0 Å². The van der Waals surface area contributed by atoms with Crippen molar-refractivity contribution in [2.45, 2.75) is 56.8 Å². The Labute approximate surface area is 168 Å². The number of hydrogen-bond donors (Lipinski definition) is 0. The highest BCUT2D eigenvalue weighted by molar-refractivity contribution is 6.30. The molecule has 2 fully saturated rings. The van der Waals surface area contributed by atoms with Gasteiger partial charge in [0, 0.05) is 22.5 Å². The van der Waals surface area contributed by atoms with Crippen molar-refractivity contribution in [3.8, 4) is 5.75 Å². The molecule has 146 valence electrons. The van der Waals surface area contributed by atoms with Crippen molar-refractivity contribution >= 4 is 11.6 Å². The first-order chi connectivity index (χ1) is 13.2. The standard InChI is InChI=1S/C24H32ClNO/c25-21-6-7-23-22(16-21)24(10-13-27-23)8-11-26(12-9-24)17-20-5-4-18-2-1-3-19(14-18)15-20/h1,3,6-7,16,18-20H,2,4-5,8-15,17H2/t18-,19+,20-/m1/s1. The molecule has 3 heteroatoms. The Morgan fingerprint density at radius 1 is 1.11 bits per heavy atom. The van der Waals surface area contributed by atoms with E-state index in [-0.39, 0.29) is 5.41 Å². The summed E-state index contributed by atoms with van der Waals surface area (Å²) in [4.78, 5) is 2.76.